The summed E-state index contributed by atoms with van der Waals surface area (Å²) in [6, 6.07) is 5.21. The number of benzene rings is 1. The molecule has 0 fully saturated rings. The van der Waals surface area contributed by atoms with Crippen molar-refractivity contribution in [2.75, 3.05) is 0 Å². The van der Waals surface area contributed by atoms with Gasteiger partial charge in [0, 0.05) is 16.7 Å². The van der Waals surface area contributed by atoms with Gasteiger partial charge in [-0.15, -0.1) is 0 Å². The summed E-state index contributed by atoms with van der Waals surface area (Å²) in [5.41, 5.74) is -0.120. The van der Waals surface area contributed by atoms with Crippen LogP contribution in [0.4, 0.5) is 4.39 Å². The van der Waals surface area contributed by atoms with Crippen molar-refractivity contribution in [3.05, 3.63) is 50.8 Å². The van der Waals surface area contributed by atoms with E-state index in [2.05, 4.69) is 36.8 Å². The summed E-state index contributed by atoms with van der Waals surface area (Å²) in [5.74, 6) is -1.64. The number of ether oxygens (including phenoxy) is 1. The lowest BCUT2D eigenvalue weighted by Crippen LogP contribution is -2.02. The zero-order valence-corrected chi connectivity index (χ0v) is 12.4. The minimum Gasteiger partial charge on any atom is -0.477 e. The summed E-state index contributed by atoms with van der Waals surface area (Å²) in [4.78, 5) is 15.0. The normalized spacial score (nSPS) is 10.3. The molecule has 0 aliphatic heterocycles. The maximum absolute atomic E-state index is 13.1. The molecule has 0 amide bonds. The number of hydrogen-bond donors (Lipinski definition) is 1. The van der Waals surface area contributed by atoms with Gasteiger partial charge < -0.3 is 9.84 Å². The average Bonchev–Trinajstić information content (AvgIpc) is 2.35. The van der Waals surface area contributed by atoms with Crippen molar-refractivity contribution in [2.45, 2.75) is 0 Å². The third-order valence-corrected chi connectivity index (χ3v) is 3.24. The maximum atomic E-state index is 13.1. The van der Waals surface area contributed by atoms with Crippen molar-refractivity contribution in [3.63, 3.8) is 0 Å². The van der Waals surface area contributed by atoms with Crippen molar-refractivity contribution in [1.82, 2.24) is 4.98 Å². The molecule has 0 aliphatic rings. The molecule has 7 heteroatoms. The summed E-state index contributed by atoms with van der Waals surface area (Å²) < 4.78 is 19.5. The SMILES string of the molecule is O=C(O)c1cc(Br)cnc1Oc1cc(F)ccc1Br. The standard InChI is InChI=1S/C12H6Br2FNO3/c13-6-3-8(12(17)18)11(16-5-6)19-10-4-7(15)1-2-9(10)14/h1-5H,(H,17,18). The molecule has 1 heterocycles. The van der Waals surface area contributed by atoms with Gasteiger partial charge in [-0.25, -0.2) is 14.2 Å². The van der Waals surface area contributed by atoms with Crippen molar-refractivity contribution in [1.29, 1.82) is 0 Å². The Morgan fingerprint density at radius 3 is 2.74 bits per heavy atom. The van der Waals surface area contributed by atoms with E-state index in [0.717, 1.165) is 6.07 Å². The van der Waals surface area contributed by atoms with Gasteiger partial charge in [0.05, 0.1) is 4.47 Å². The Hall–Kier alpha value is -1.47. The van der Waals surface area contributed by atoms with Gasteiger partial charge in [0.25, 0.3) is 0 Å². The molecule has 0 spiro atoms. The second-order valence-electron chi connectivity index (χ2n) is 3.49. The first kappa shape index (κ1) is 14.0. The fraction of sp³-hybridized carbons (Fsp3) is 0. The number of aromatic carboxylic acids is 1. The van der Waals surface area contributed by atoms with Gasteiger partial charge in [-0.05, 0) is 50.1 Å². The van der Waals surface area contributed by atoms with E-state index in [4.69, 9.17) is 9.84 Å². The molecule has 2 aromatic rings. The largest absolute Gasteiger partial charge is 0.477 e. The molecule has 1 N–H and O–H groups in total. The Bertz CT molecular complexity index is 649. The molecule has 0 radical (unpaired) electrons. The van der Waals surface area contributed by atoms with Crippen LogP contribution in [0, 0.1) is 5.82 Å². The molecule has 1 aromatic heterocycles. The zero-order chi connectivity index (χ0) is 14.0. The fourth-order valence-corrected chi connectivity index (χ4v) is 1.98. The van der Waals surface area contributed by atoms with Crippen molar-refractivity contribution in [3.8, 4) is 11.6 Å². The quantitative estimate of drug-likeness (QED) is 0.851. The molecular formula is C12H6Br2FNO3. The predicted octanol–water partition coefficient (Wildman–Crippen LogP) is 4.24. The molecule has 2 rings (SSSR count). The first-order valence-electron chi connectivity index (χ1n) is 4.99. The highest BCUT2D eigenvalue weighted by Gasteiger charge is 2.15. The highest BCUT2D eigenvalue weighted by Crippen LogP contribution is 2.31. The van der Waals surface area contributed by atoms with Crippen LogP contribution in [0.5, 0.6) is 11.6 Å². The van der Waals surface area contributed by atoms with E-state index < -0.39 is 11.8 Å². The Morgan fingerprint density at radius 2 is 2.05 bits per heavy atom. The van der Waals surface area contributed by atoms with E-state index in [9.17, 15) is 9.18 Å². The lowest BCUT2D eigenvalue weighted by atomic mass is 10.3. The summed E-state index contributed by atoms with van der Waals surface area (Å²) in [6.07, 6.45) is 1.40. The van der Waals surface area contributed by atoms with Crippen LogP contribution < -0.4 is 4.74 Å². The molecule has 98 valence electrons. The molecule has 0 saturated heterocycles. The van der Waals surface area contributed by atoms with Gasteiger partial charge in [-0.2, -0.15) is 0 Å². The van der Waals surface area contributed by atoms with Crippen LogP contribution in [0.1, 0.15) is 10.4 Å². The number of carbonyl (C=O) groups is 1. The molecule has 0 unspecified atom stereocenters. The lowest BCUT2D eigenvalue weighted by molar-refractivity contribution is 0.0693. The molecule has 0 saturated carbocycles. The Balaban J connectivity index is 2.43. The van der Waals surface area contributed by atoms with Crippen LogP contribution in [-0.4, -0.2) is 16.1 Å². The summed E-state index contributed by atoms with van der Waals surface area (Å²) in [6.45, 7) is 0. The smallest absolute Gasteiger partial charge is 0.341 e. The Labute approximate surface area is 124 Å². The molecule has 4 nitrogen and oxygen atoms in total. The molecule has 0 bridgehead atoms. The minimum atomic E-state index is -1.18. The second-order valence-corrected chi connectivity index (χ2v) is 5.26. The molecule has 0 atom stereocenters. The van der Waals surface area contributed by atoms with E-state index in [1.165, 1.54) is 24.4 Å². The van der Waals surface area contributed by atoms with Crippen molar-refractivity contribution in [2.24, 2.45) is 0 Å². The average molecular weight is 391 g/mol. The monoisotopic (exact) mass is 389 g/mol. The Kier molecular flexibility index (Phi) is 4.16. The molecular weight excluding hydrogens is 385 g/mol. The highest BCUT2D eigenvalue weighted by atomic mass is 79.9. The van der Waals surface area contributed by atoms with Crippen LogP contribution in [-0.2, 0) is 0 Å². The van der Waals surface area contributed by atoms with E-state index in [1.807, 2.05) is 0 Å². The van der Waals surface area contributed by atoms with Crippen LogP contribution in [0.15, 0.2) is 39.4 Å². The van der Waals surface area contributed by atoms with E-state index in [1.54, 1.807) is 0 Å². The predicted molar refractivity (Wildman–Crippen MR) is 73.1 cm³/mol. The van der Waals surface area contributed by atoms with Crippen LogP contribution in [0.25, 0.3) is 0 Å². The van der Waals surface area contributed by atoms with E-state index in [-0.39, 0.29) is 17.2 Å². The number of carboxylic acids is 1. The molecule has 1 aromatic carbocycles. The number of rotatable bonds is 3. The maximum Gasteiger partial charge on any atom is 0.341 e. The number of nitrogens with zero attached hydrogens (tertiary/aromatic N) is 1. The van der Waals surface area contributed by atoms with E-state index >= 15 is 0 Å². The van der Waals surface area contributed by atoms with Gasteiger partial charge in [-0.3, -0.25) is 0 Å². The number of carboxylic acid groups (broad SMARTS) is 1. The second kappa shape index (κ2) is 5.66. The van der Waals surface area contributed by atoms with Crippen molar-refractivity contribution < 1.29 is 19.0 Å². The highest BCUT2D eigenvalue weighted by molar-refractivity contribution is 9.10. The van der Waals surface area contributed by atoms with Gasteiger partial charge in [0.15, 0.2) is 0 Å². The van der Waals surface area contributed by atoms with Gasteiger partial charge in [0.2, 0.25) is 5.88 Å². The number of pyridine rings is 1. The van der Waals surface area contributed by atoms with E-state index in [0.29, 0.717) is 8.95 Å². The Morgan fingerprint density at radius 1 is 1.32 bits per heavy atom. The third kappa shape index (κ3) is 3.30. The number of halogens is 3. The fourth-order valence-electron chi connectivity index (χ4n) is 1.32. The van der Waals surface area contributed by atoms with Crippen LogP contribution in [0.3, 0.4) is 0 Å². The van der Waals surface area contributed by atoms with Gasteiger partial charge >= 0.3 is 5.97 Å². The lowest BCUT2D eigenvalue weighted by Gasteiger charge is -2.09. The number of hydrogen-bond acceptors (Lipinski definition) is 3. The molecule has 0 aliphatic carbocycles. The van der Waals surface area contributed by atoms with Crippen LogP contribution >= 0.6 is 31.9 Å². The minimum absolute atomic E-state index is 0.109. The summed E-state index contributed by atoms with van der Waals surface area (Å²) >= 11 is 6.31. The number of aromatic nitrogens is 1. The van der Waals surface area contributed by atoms with Crippen molar-refractivity contribution >= 4 is 37.8 Å². The topological polar surface area (TPSA) is 59.4 Å². The van der Waals surface area contributed by atoms with Gasteiger partial charge in [0.1, 0.15) is 17.1 Å². The van der Waals surface area contributed by atoms with Crippen LogP contribution in [0.2, 0.25) is 0 Å². The first-order chi connectivity index (χ1) is 8.97. The third-order valence-electron chi connectivity index (χ3n) is 2.15. The molecule has 19 heavy (non-hydrogen) atoms. The zero-order valence-electron chi connectivity index (χ0n) is 9.23. The first-order valence-corrected chi connectivity index (χ1v) is 6.57. The van der Waals surface area contributed by atoms with Gasteiger partial charge in [-0.1, -0.05) is 0 Å². The summed E-state index contributed by atoms with van der Waals surface area (Å²) in [7, 11) is 0. The summed E-state index contributed by atoms with van der Waals surface area (Å²) in [5, 5.41) is 9.07.